The molecule has 0 bridgehead atoms. The molecule has 1 amide bonds. The number of aryl methyl sites for hydroxylation is 1. The zero-order valence-electron chi connectivity index (χ0n) is 18.4. The van der Waals surface area contributed by atoms with Crippen molar-refractivity contribution in [1.82, 2.24) is 4.98 Å². The van der Waals surface area contributed by atoms with Crippen molar-refractivity contribution >= 4 is 28.9 Å². The molecule has 0 saturated carbocycles. The van der Waals surface area contributed by atoms with Gasteiger partial charge in [-0.25, -0.2) is 4.79 Å². The number of aromatic nitrogens is 1. The fourth-order valence-electron chi connectivity index (χ4n) is 3.68. The number of carboxylic acid groups (broad SMARTS) is 1. The molecule has 3 aromatic rings. The SMILES string of the molecule is Cc1nc(CC(C)C)c(CN)c(-c2ccc(CN)cc2)c1NC(=O)c1sccc1C(=O)O. The standard InChI is InChI=1S/C24H28N4O3S/c1-13(2)10-19-18(12-26)20(16-6-4-15(11-25)5-7-16)21(14(3)27-19)28-23(29)22-17(24(30)31)8-9-32-22/h4-9,13H,10-12,25-26H2,1-3H3,(H,28,29)(H,30,31). The van der Waals surface area contributed by atoms with Gasteiger partial charge in [0.25, 0.3) is 5.91 Å². The number of amides is 1. The summed E-state index contributed by atoms with van der Waals surface area (Å²) in [5.74, 6) is -1.25. The first-order valence-electron chi connectivity index (χ1n) is 10.4. The Morgan fingerprint density at radius 2 is 1.81 bits per heavy atom. The number of nitrogens with one attached hydrogen (secondary N) is 1. The molecule has 0 aliphatic heterocycles. The number of thiophene rings is 1. The van der Waals surface area contributed by atoms with Crippen LogP contribution >= 0.6 is 11.3 Å². The van der Waals surface area contributed by atoms with E-state index in [9.17, 15) is 14.7 Å². The van der Waals surface area contributed by atoms with Crippen LogP contribution in [0.4, 0.5) is 5.69 Å². The second kappa shape index (κ2) is 10.0. The van der Waals surface area contributed by atoms with E-state index >= 15 is 0 Å². The van der Waals surface area contributed by atoms with E-state index < -0.39 is 11.9 Å². The third kappa shape index (κ3) is 4.88. The third-order valence-corrected chi connectivity index (χ3v) is 6.10. The lowest BCUT2D eigenvalue weighted by Gasteiger charge is -2.21. The summed E-state index contributed by atoms with van der Waals surface area (Å²) in [6, 6.07) is 9.23. The average Bonchev–Trinajstić information content (AvgIpc) is 3.25. The first kappa shape index (κ1) is 23.6. The number of hydrogen-bond acceptors (Lipinski definition) is 6. The normalized spacial score (nSPS) is 11.1. The molecule has 0 unspecified atom stereocenters. The van der Waals surface area contributed by atoms with Crippen LogP contribution in [0.15, 0.2) is 35.7 Å². The van der Waals surface area contributed by atoms with E-state index in [1.165, 1.54) is 6.07 Å². The van der Waals surface area contributed by atoms with Crippen LogP contribution < -0.4 is 16.8 Å². The van der Waals surface area contributed by atoms with Gasteiger partial charge in [-0.05, 0) is 47.4 Å². The first-order valence-corrected chi connectivity index (χ1v) is 11.3. The zero-order valence-corrected chi connectivity index (χ0v) is 19.3. The molecule has 0 fully saturated rings. The molecule has 6 N–H and O–H groups in total. The van der Waals surface area contributed by atoms with Crippen molar-refractivity contribution in [2.45, 2.75) is 40.3 Å². The Morgan fingerprint density at radius 3 is 2.38 bits per heavy atom. The Morgan fingerprint density at radius 1 is 1.12 bits per heavy atom. The molecule has 0 aliphatic rings. The van der Waals surface area contributed by atoms with Crippen LogP contribution in [0, 0.1) is 12.8 Å². The van der Waals surface area contributed by atoms with Crippen molar-refractivity contribution in [3.8, 4) is 11.1 Å². The van der Waals surface area contributed by atoms with Crippen molar-refractivity contribution in [2.75, 3.05) is 5.32 Å². The first-order chi connectivity index (χ1) is 15.3. The van der Waals surface area contributed by atoms with Gasteiger partial charge in [-0.1, -0.05) is 38.1 Å². The van der Waals surface area contributed by atoms with Crippen LogP contribution in [0.1, 0.15) is 56.4 Å². The highest BCUT2D eigenvalue weighted by atomic mass is 32.1. The number of nitrogens with zero attached hydrogens (tertiary/aromatic N) is 1. The van der Waals surface area contributed by atoms with Gasteiger partial charge in [-0.15, -0.1) is 11.3 Å². The predicted molar refractivity (Wildman–Crippen MR) is 128 cm³/mol. The fraction of sp³-hybridized carbons (Fsp3) is 0.292. The van der Waals surface area contributed by atoms with Crippen molar-refractivity contribution in [1.29, 1.82) is 0 Å². The molecular weight excluding hydrogens is 424 g/mol. The number of hydrogen-bond donors (Lipinski definition) is 4. The fourth-order valence-corrected chi connectivity index (χ4v) is 4.46. The van der Waals surface area contributed by atoms with Gasteiger partial charge >= 0.3 is 5.97 Å². The molecule has 0 atom stereocenters. The maximum Gasteiger partial charge on any atom is 0.337 e. The van der Waals surface area contributed by atoms with E-state index in [1.54, 1.807) is 5.38 Å². The van der Waals surface area contributed by atoms with E-state index in [0.717, 1.165) is 45.7 Å². The minimum Gasteiger partial charge on any atom is -0.478 e. The Bertz CT molecular complexity index is 1140. The number of carbonyl (C=O) groups is 2. The minimum absolute atomic E-state index is 0.0255. The van der Waals surface area contributed by atoms with Crippen LogP contribution in [0.2, 0.25) is 0 Å². The second-order valence-electron chi connectivity index (χ2n) is 8.00. The molecule has 2 heterocycles. The molecule has 3 rings (SSSR count). The van der Waals surface area contributed by atoms with Gasteiger partial charge < -0.3 is 21.9 Å². The number of pyridine rings is 1. The van der Waals surface area contributed by atoms with E-state index in [0.29, 0.717) is 23.8 Å². The second-order valence-corrected chi connectivity index (χ2v) is 8.91. The van der Waals surface area contributed by atoms with E-state index in [1.807, 2.05) is 31.2 Å². The van der Waals surface area contributed by atoms with Gasteiger partial charge in [0.15, 0.2) is 0 Å². The Kier molecular flexibility index (Phi) is 7.40. The molecule has 32 heavy (non-hydrogen) atoms. The smallest absolute Gasteiger partial charge is 0.337 e. The number of carbonyl (C=O) groups excluding carboxylic acids is 1. The van der Waals surface area contributed by atoms with Gasteiger partial charge in [-0.2, -0.15) is 0 Å². The lowest BCUT2D eigenvalue weighted by molar-refractivity contribution is 0.0693. The maximum absolute atomic E-state index is 13.1. The Balaban J connectivity index is 2.18. The summed E-state index contributed by atoms with van der Waals surface area (Å²) in [6.45, 7) is 6.76. The van der Waals surface area contributed by atoms with Crippen molar-refractivity contribution in [3.63, 3.8) is 0 Å². The number of rotatable bonds is 8. The summed E-state index contributed by atoms with van der Waals surface area (Å²) < 4.78 is 0. The van der Waals surface area contributed by atoms with Crippen molar-refractivity contribution < 1.29 is 14.7 Å². The molecular formula is C24H28N4O3S. The van der Waals surface area contributed by atoms with E-state index in [-0.39, 0.29) is 17.0 Å². The van der Waals surface area contributed by atoms with Gasteiger partial charge in [0.05, 0.1) is 16.9 Å². The molecule has 1 aromatic carbocycles. The van der Waals surface area contributed by atoms with Gasteiger partial charge in [0, 0.05) is 24.3 Å². The summed E-state index contributed by atoms with van der Waals surface area (Å²) in [7, 11) is 0. The van der Waals surface area contributed by atoms with Crippen LogP contribution in [-0.2, 0) is 19.5 Å². The number of anilines is 1. The molecule has 0 radical (unpaired) electrons. The van der Waals surface area contributed by atoms with Crippen LogP contribution in [0.3, 0.4) is 0 Å². The molecule has 168 valence electrons. The lowest BCUT2D eigenvalue weighted by Crippen LogP contribution is -2.18. The van der Waals surface area contributed by atoms with Gasteiger partial charge in [-0.3, -0.25) is 9.78 Å². The molecule has 0 spiro atoms. The van der Waals surface area contributed by atoms with Crippen LogP contribution in [0.5, 0.6) is 0 Å². The summed E-state index contributed by atoms with van der Waals surface area (Å²) in [6.07, 6.45) is 0.754. The van der Waals surface area contributed by atoms with Gasteiger partial charge in [0.1, 0.15) is 4.88 Å². The number of nitrogens with two attached hydrogens (primary N) is 2. The monoisotopic (exact) mass is 452 g/mol. The van der Waals surface area contributed by atoms with Crippen molar-refractivity contribution in [2.24, 2.45) is 17.4 Å². The number of carboxylic acids is 1. The number of benzene rings is 1. The largest absolute Gasteiger partial charge is 0.478 e. The summed E-state index contributed by atoms with van der Waals surface area (Å²) >= 11 is 1.09. The minimum atomic E-state index is -1.14. The third-order valence-electron chi connectivity index (χ3n) is 5.19. The Hall–Kier alpha value is -3.07. The van der Waals surface area contributed by atoms with Crippen molar-refractivity contribution in [3.05, 3.63) is 68.7 Å². The molecule has 8 heteroatoms. The van der Waals surface area contributed by atoms with E-state index in [4.69, 9.17) is 16.5 Å². The number of aromatic carboxylic acids is 1. The molecule has 2 aromatic heterocycles. The Labute approximate surface area is 191 Å². The predicted octanol–water partition coefficient (Wildman–Crippen LogP) is 4.18. The lowest BCUT2D eigenvalue weighted by atomic mass is 9.92. The molecule has 0 saturated heterocycles. The molecule has 0 aliphatic carbocycles. The highest BCUT2D eigenvalue weighted by Gasteiger charge is 2.24. The topological polar surface area (TPSA) is 131 Å². The summed E-state index contributed by atoms with van der Waals surface area (Å²) in [4.78, 5) is 29.5. The maximum atomic E-state index is 13.1. The van der Waals surface area contributed by atoms with Crippen LogP contribution in [0.25, 0.3) is 11.1 Å². The van der Waals surface area contributed by atoms with Gasteiger partial charge in [0.2, 0.25) is 0 Å². The highest BCUT2D eigenvalue weighted by molar-refractivity contribution is 7.12. The summed E-state index contributed by atoms with van der Waals surface area (Å²) in [5, 5.41) is 13.9. The quantitative estimate of drug-likeness (QED) is 0.405. The summed E-state index contributed by atoms with van der Waals surface area (Å²) in [5.41, 5.74) is 17.5. The van der Waals surface area contributed by atoms with Crippen LogP contribution in [-0.4, -0.2) is 22.0 Å². The molecule has 7 nitrogen and oxygen atoms in total. The zero-order chi connectivity index (χ0) is 23.4. The average molecular weight is 453 g/mol. The highest BCUT2D eigenvalue weighted by Crippen LogP contribution is 2.36. The van der Waals surface area contributed by atoms with E-state index in [2.05, 4.69) is 19.2 Å².